The van der Waals surface area contributed by atoms with Gasteiger partial charge in [0.25, 0.3) is 5.56 Å². The van der Waals surface area contributed by atoms with E-state index in [4.69, 9.17) is 0 Å². The molecular formula is C18H22FN3O2S. The van der Waals surface area contributed by atoms with Crippen molar-refractivity contribution in [3.8, 4) is 0 Å². The van der Waals surface area contributed by atoms with E-state index in [-0.39, 0.29) is 18.1 Å². The predicted octanol–water partition coefficient (Wildman–Crippen LogP) is 2.95. The average Bonchev–Trinajstić information content (AvgIpc) is 2.60. The molecule has 1 aliphatic rings. The highest BCUT2D eigenvalue weighted by Gasteiger charge is 2.23. The molecule has 0 bridgehead atoms. The van der Waals surface area contributed by atoms with E-state index in [9.17, 15) is 14.0 Å². The fraction of sp³-hybridized carbons (Fsp3) is 0.444. The molecule has 7 heteroatoms. The summed E-state index contributed by atoms with van der Waals surface area (Å²) in [5.41, 5.74) is 0.610. The first-order valence-corrected chi connectivity index (χ1v) is 9.79. The molecule has 25 heavy (non-hydrogen) atoms. The Labute approximate surface area is 150 Å². The molecule has 5 nitrogen and oxygen atoms in total. The Morgan fingerprint density at radius 3 is 3.08 bits per heavy atom. The molecule has 2 amide bonds. The number of rotatable bonds is 4. The van der Waals surface area contributed by atoms with E-state index in [2.05, 4.69) is 16.6 Å². The standard InChI is InChI=1S/C18H22FN3O2S/c1-25-11-12-3-2-6-22(10-12)18(24)20-9-14-7-13-4-5-15(19)8-16(13)21-17(14)23/h4-5,7-8,12H,2-3,6,9-11H2,1H3,(H,20,24)(H,21,23). The smallest absolute Gasteiger partial charge is 0.317 e. The largest absolute Gasteiger partial charge is 0.334 e. The lowest BCUT2D eigenvalue weighted by Gasteiger charge is -2.32. The maximum atomic E-state index is 13.2. The van der Waals surface area contributed by atoms with Crippen molar-refractivity contribution in [3.63, 3.8) is 0 Å². The van der Waals surface area contributed by atoms with E-state index in [0.29, 0.717) is 17.0 Å². The Balaban J connectivity index is 1.65. The molecular weight excluding hydrogens is 341 g/mol. The second kappa shape index (κ2) is 7.91. The van der Waals surface area contributed by atoms with E-state index in [1.807, 2.05) is 4.90 Å². The molecule has 1 aromatic carbocycles. The maximum absolute atomic E-state index is 13.2. The van der Waals surface area contributed by atoms with Gasteiger partial charge in [-0.3, -0.25) is 4.79 Å². The molecule has 1 unspecified atom stereocenters. The number of amides is 2. The Kier molecular flexibility index (Phi) is 5.63. The van der Waals surface area contributed by atoms with Crippen LogP contribution in [0.5, 0.6) is 0 Å². The SMILES string of the molecule is CSCC1CCCN(C(=O)NCc2cc3ccc(F)cc3[nH]c2=O)C1. The van der Waals surface area contributed by atoms with Gasteiger partial charge in [-0.1, -0.05) is 0 Å². The summed E-state index contributed by atoms with van der Waals surface area (Å²) >= 11 is 1.81. The number of urea groups is 1. The van der Waals surface area contributed by atoms with Crippen LogP contribution < -0.4 is 10.9 Å². The van der Waals surface area contributed by atoms with Crippen LogP contribution >= 0.6 is 11.8 Å². The Bertz CT molecular complexity index is 822. The molecule has 134 valence electrons. The Morgan fingerprint density at radius 2 is 2.28 bits per heavy atom. The number of fused-ring (bicyclic) bond motifs is 1. The zero-order valence-electron chi connectivity index (χ0n) is 14.2. The maximum Gasteiger partial charge on any atom is 0.317 e. The number of hydrogen-bond donors (Lipinski definition) is 2. The molecule has 0 spiro atoms. The van der Waals surface area contributed by atoms with Crippen molar-refractivity contribution in [2.75, 3.05) is 25.1 Å². The molecule has 1 aromatic heterocycles. The fourth-order valence-electron chi connectivity index (χ4n) is 3.25. The second-order valence-electron chi connectivity index (χ2n) is 6.42. The number of aromatic amines is 1. The minimum Gasteiger partial charge on any atom is -0.334 e. The number of nitrogens with one attached hydrogen (secondary N) is 2. The fourth-order valence-corrected chi connectivity index (χ4v) is 4.00. The van der Waals surface area contributed by atoms with Gasteiger partial charge in [0.15, 0.2) is 0 Å². The average molecular weight is 363 g/mol. The Morgan fingerprint density at radius 1 is 1.44 bits per heavy atom. The van der Waals surface area contributed by atoms with Crippen LogP contribution in [-0.4, -0.2) is 41.0 Å². The van der Waals surface area contributed by atoms with Crippen LogP contribution in [0.2, 0.25) is 0 Å². The normalized spacial score (nSPS) is 17.7. The number of thioether (sulfide) groups is 1. The third-order valence-corrected chi connectivity index (χ3v) is 5.33. The van der Waals surface area contributed by atoms with Crippen molar-refractivity contribution >= 4 is 28.7 Å². The summed E-state index contributed by atoms with van der Waals surface area (Å²) in [5, 5.41) is 3.57. The zero-order valence-corrected chi connectivity index (χ0v) is 15.0. The van der Waals surface area contributed by atoms with Crippen LogP contribution in [-0.2, 0) is 6.54 Å². The van der Waals surface area contributed by atoms with E-state index in [1.54, 1.807) is 23.9 Å². The number of nitrogens with zero attached hydrogens (tertiary/aromatic N) is 1. The summed E-state index contributed by atoms with van der Waals surface area (Å²) in [6.45, 7) is 1.68. The lowest BCUT2D eigenvalue weighted by molar-refractivity contribution is 0.170. The van der Waals surface area contributed by atoms with Gasteiger partial charge in [0, 0.05) is 25.2 Å². The number of aromatic nitrogens is 1. The van der Waals surface area contributed by atoms with Crippen LogP contribution in [0.15, 0.2) is 29.1 Å². The zero-order chi connectivity index (χ0) is 17.8. The van der Waals surface area contributed by atoms with Crippen LogP contribution in [0.3, 0.4) is 0 Å². The molecule has 2 heterocycles. The van der Waals surface area contributed by atoms with Crippen LogP contribution in [0.1, 0.15) is 18.4 Å². The topological polar surface area (TPSA) is 65.2 Å². The minimum absolute atomic E-state index is 0.135. The molecule has 1 aliphatic heterocycles. The van der Waals surface area contributed by atoms with Crippen molar-refractivity contribution in [2.45, 2.75) is 19.4 Å². The Hall–Kier alpha value is -2.02. The molecule has 1 fully saturated rings. The predicted molar refractivity (Wildman–Crippen MR) is 99.4 cm³/mol. The molecule has 2 aromatic rings. The monoisotopic (exact) mass is 363 g/mol. The summed E-state index contributed by atoms with van der Waals surface area (Å²) in [6.07, 6.45) is 4.25. The molecule has 2 N–H and O–H groups in total. The number of carbonyl (C=O) groups is 1. The third-order valence-electron chi connectivity index (χ3n) is 4.52. The summed E-state index contributed by atoms with van der Waals surface area (Å²) < 4.78 is 13.2. The number of pyridine rings is 1. The first-order valence-electron chi connectivity index (χ1n) is 8.40. The molecule has 3 rings (SSSR count). The van der Waals surface area contributed by atoms with Crippen LogP contribution in [0.4, 0.5) is 9.18 Å². The van der Waals surface area contributed by atoms with Gasteiger partial charge in [-0.15, -0.1) is 0 Å². The van der Waals surface area contributed by atoms with Gasteiger partial charge >= 0.3 is 6.03 Å². The van der Waals surface area contributed by atoms with Crippen molar-refractivity contribution in [2.24, 2.45) is 5.92 Å². The van der Waals surface area contributed by atoms with Crippen LogP contribution in [0.25, 0.3) is 10.9 Å². The highest BCUT2D eigenvalue weighted by molar-refractivity contribution is 7.98. The van der Waals surface area contributed by atoms with Crippen LogP contribution in [0, 0.1) is 11.7 Å². The van der Waals surface area contributed by atoms with Gasteiger partial charge in [0.2, 0.25) is 0 Å². The highest BCUT2D eigenvalue weighted by atomic mass is 32.2. The van der Waals surface area contributed by atoms with Gasteiger partial charge in [0.1, 0.15) is 5.82 Å². The quantitative estimate of drug-likeness (QED) is 0.878. The van der Waals surface area contributed by atoms with Crippen molar-refractivity contribution in [1.82, 2.24) is 15.2 Å². The number of piperidine rings is 1. The first kappa shape index (κ1) is 17.8. The third kappa shape index (κ3) is 4.34. The summed E-state index contributed by atoms with van der Waals surface area (Å²) in [4.78, 5) is 29.0. The summed E-state index contributed by atoms with van der Waals surface area (Å²) in [7, 11) is 0. The van der Waals surface area contributed by atoms with E-state index >= 15 is 0 Å². The van der Waals surface area contributed by atoms with Crippen molar-refractivity contribution in [3.05, 3.63) is 46.0 Å². The van der Waals surface area contributed by atoms with Gasteiger partial charge in [0.05, 0.1) is 5.52 Å². The number of carbonyl (C=O) groups excluding carboxylic acids is 1. The molecule has 0 aliphatic carbocycles. The van der Waals surface area contributed by atoms with Gasteiger partial charge in [-0.05, 0) is 60.4 Å². The number of likely N-dealkylation sites (tertiary alicyclic amines) is 1. The van der Waals surface area contributed by atoms with E-state index < -0.39 is 5.82 Å². The molecule has 1 saturated heterocycles. The summed E-state index contributed by atoms with van der Waals surface area (Å²) in [5.74, 6) is 1.20. The van der Waals surface area contributed by atoms with Crippen molar-refractivity contribution < 1.29 is 9.18 Å². The van der Waals surface area contributed by atoms with E-state index in [1.165, 1.54) is 12.1 Å². The summed E-state index contributed by atoms with van der Waals surface area (Å²) in [6, 6.07) is 5.82. The highest BCUT2D eigenvalue weighted by Crippen LogP contribution is 2.19. The number of H-pyrrole nitrogens is 1. The van der Waals surface area contributed by atoms with Gasteiger partial charge < -0.3 is 15.2 Å². The minimum atomic E-state index is -0.394. The van der Waals surface area contributed by atoms with Gasteiger partial charge in [-0.25, -0.2) is 9.18 Å². The number of hydrogen-bond acceptors (Lipinski definition) is 3. The second-order valence-corrected chi connectivity index (χ2v) is 7.33. The molecule has 0 saturated carbocycles. The van der Waals surface area contributed by atoms with E-state index in [0.717, 1.165) is 37.1 Å². The number of benzene rings is 1. The molecule has 0 radical (unpaired) electrons. The first-order chi connectivity index (χ1) is 12.1. The number of halogens is 1. The molecule has 1 atom stereocenters. The lowest BCUT2D eigenvalue weighted by atomic mass is 10.0. The lowest BCUT2D eigenvalue weighted by Crippen LogP contribution is -2.46. The van der Waals surface area contributed by atoms with Crippen molar-refractivity contribution in [1.29, 1.82) is 0 Å². The van der Waals surface area contributed by atoms with Gasteiger partial charge in [-0.2, -0.15) is 11.8 Å².